The van der Waals surface area contributed by atoms with Crippen LogP contribution in [0.4, 0.5) is 0 Å². The molecule has 0 spiro atoms. The number of aliphatic hydroxyl groups is 1. The molecule has 0 aliphatic rings. The lowest BCUT2D eigenvalue weighted by Gasteiger charge is -2.36. The van der Waals surface area contributed by atoms with E-state index in [0.29, 0.717) is 18.0 Å². The van der Waals surface area contributed by atoms with Crippen molar-refractivity contribution < 1.29 is 5.11 Å². The molecule has 0 aliphatic carbocycles. The molecule has 1 aromatic carbocycles. The summed E-state index contributed by atoms with van der Waals surface area (Å²) in [6.45, 7) is 2.11. The fraction of sp³-hybridized carbons (Fsp3) is 0.312. The molecule has 2 rings (SSSR count). The van der Waals surface area contributed by atoms with Gasteiger partial charge in [-0.3, -0.25) is 4.98 Å². The van der Waals surface area contributed by atoms with Crippen LogP contribution in [0.5, 0.6) is 0 Å². The molecule has 106 valence electrons. The van der Waals surface area contributed by atoms with Gasteiger partial charge in [-0.25, -0.2) is 0 Å². The fourth-order valence-corrected chi connectivity index (χ4v) is 2.69. The highest BCUT2D eigenvalue weighted by Gasteiger charge is 2.36. The second kappa shape index (κ2) is 6.35. The van der Waals surface area contributed by atoms with Crippen LogP contribution in [0.2, 0.25) is 5.02 Å². The molecule has 20 heavy (non-hydrogen) atoms. The predicted molar refractivity (Wildman–Crippen MR) is 81.8 cm³/mol. The lowest BCUT2D eigenvalue weighted by atomic mass is 9.72. The first-order chi connectivity index (χ1) is 9.60. The van der Waals surface area contributed by atoms with Gasteiger partial charge in [-0.05, 0) is 30.5 Å². The van der Waals surface area contributed by atoms with Crippen LogP contribution < -0.4 is 5.73 Å². The van der Waals surface area contributed by atoms with Crippen molar-refractivity contribution in [2.24, 2.45) is 5.73 Å². The molecule has 4 heteroatoms. The Kier molecular flexibility index (Phi) is 4.76. The SMILES string of the molecule is CC(O)C(CN)(Cc1ccncc1Cl)c1ccccc1. The number of rotatable bonds is 5. The van der Waals surface area contributed by atoms with E-state index in [4.69, 9.17) is 17.3 Å². The molecule has 1 heterocycles. The maximum atomic E-state index is 10.3. The number of aromatic nitrogens is 1. The number of pyridine rings is 1. The zero-order valence-electron chi connectivity index (χ0n) is 11.5. The third-order valence-corrected chi connectivity index (χ3v) is 4.22. The van der Waals surface area contributed by atoms with Crippen molar-refractivity contribution in [3.05, 3.63) is 64.9 Å². The lowest BCUT2D eigenvalue weighted by Crippen LogP contribution is -2.46. The minimum atomic E-state index is -0.584. The number of hydrogen-bond donors (Lipinski definition) is 2. The zero-order chi connectivity index (χ0) is 14.6. The number of aliphatic hydroxyl groups excluding tert-OH is 1. The van der Waals surface area contributed by atoms with Gasteiger partial charge in [0.2, 0.25) is 0 Å². The summed E-state index contributed by atoms with van der Waals surface area (Å²) in [5.74, 6) is 0. The van der Waals surface area contributed by atoms with Crippen molar-refractivity contribution in [2.45, 2.75) is 24.9 Å². The van der Waals surface area contributed by atoms with Crippen LogP contribution in [-0.2, 0) is 11.8 Å². The van der Waals surface area contributed by atoms with E-state index in [1.807, 2.05) is 36.4 Å². The highest BCUT2D eigenvalue weighted by molar-refractivity contribution is 6.31. The van der Waals surface area contributed by atoms with Crippen LogP contribution in [0, 0.1) is 0 Å². The quantitative estimate of drug-likeness (QED) is 0.890. The molecule has 1 aromatic heterocycles. The van der Waals surface area contributed by atoms with Gasteiger partial charge in [0.25, 0.3) is 0 Å². The van der Waals surface area contributed by atoms with Crippen molar-refractivity contribution in [1.29, 1.82) is 0 Å². The van der Waals surface area contributed by atoms with Gasteiger partial charge < -0.3 is 10.8 Å². The summed E-state index contributed by atoms with van der Waals surface area (Å²) in [7, 11) is 0. The number of halogens is 1. The van der Waals surface area contributed by atoms with E-state index < -0.39 is 11.5 Å². The maximum absolute atomic E-state index is 10.3. The van der Waals surface area contributed by atoms with E-state index in [9.17, 15) is 5.11 Å². The van der Waals surface area contributed by atoms with Gasteiger partial charge >= 0.3 is 0 Å². The van der Waals surface area contributed by atoms with E-state index in [2.05, 4.69) is 4.98 Å². The fourth-order valence-electron chi connectivity index (χ4n) is 2.51. The van der Waals surface area contributed by atoms with Gasteiger partial charge in [-0.1, -0.05) is 41.9 Å². The Hall–Kier alpha value is -1.42. The summed E-state index contributed by atoms with van der Waals surface area (Å²) >= 11 is 6.19. The van der Waals surface area contributed by atoms with Crippen molar-refractivity contribution >= 4 is 11.6 Å². The van der Waals surface area contributed by atoms with Gasteiger partial charge in [-0.15, -0.1) is 0 Å². The maximum Gasteiger partial charge on any atom is 0.0624 e. The normalized spacial score (nSPS) is 15.6. The molecule has 0 fully saturated rings. The zero-order valence-corrected chi connectivity index (χ0v) is 12.2. The monoisotopic (exact) mass is 290 g/mol. The van der Waals surface area contributed by atoms with Gasteiger partial charge in [0, 0.05) is 24.4 Å². The molecule has 0 bridgehead atoms. The smallest absolute Gasteiger partial charge is 0.0624 e. The molecule has 0 saturated carbocycles. The minimum Gasteiger partial charge on any atom is -0.392 e. The van der Waals surface area contributed by atoms with Crippen molar-refractivity contribution in [3.8, 4) is 0 Å². The van der Waals surface area contributed by atoms with Gasteiger partial charge in [-0.2, -0.15) is 0 Å². The first-order valence-corrected chi connectivity index (χ1v) is 7.00. The third kappa shape index (κ3) is 2.85. The van der Waals surface area contributed by atoms with Gasteiger partial charge in [0.05, 0.1) is 11.1 Å². The lowest BCUT2D eigenvalue weighted by molar-refractivity contribution is 0.100. The largest absolute Gasteiger partial charge is 0.392 e. The molecular formula is C16H19ClN2O. The number of benzene rings is 1. The van der Waals surface area contributed by atoms with Gasteiger partial charge in [0.15, 0.2) is 0 Å². The van der Waals surface area contributed by atoms with E-state index in [-0.39, 0.29) is 0 Å². The van der Waals surface area contributed by atoms with Crippen LogP contribution in [0.15, 0.2) is 48.8 Å². The van der Waals surface area contributed by atoms with Crippen LogP contribution in [0.1, 0.15) is 18.1 Å². The van der Waals surface area contributed by atoms with Crippen molar-refractivity contribution in [3.63, 3.8) is 0 Å². The number of nitrogens with two attached hydrogens (primary N) is 1. The molecule has 2 unspecified atom stereocenters. The molecule has 0 aliphatic heterocycles. The Bertz CT molecular complexity index is 559. The summed E-state index contributed by atoms with van der Waals surface area (Å²) in [5, 5.41) is 10.9. The highest BCUT2D eigenvalue weighted by Crippen LogP contribution is 2.33. The molecule has 3 N–H and O–H groups in total. The molecular weight excluding hydrogens is 272 g/mol. The summed E-state index contributed by atoms with van der Waals surface area (Å²) in [5.41, 5.74) is 7.43. The molecule has 3 nitrogen and oxygen atoms in total. The van der Waals surface area contributed by atoms with E-state index in [1.54, 1.807) is 19.3 Å². The summed E-state index contributed by atoms with van der Waals surface area (Å²) in [6, 6.07) is 11.7. The third-order valence-electron chi connectivity index (χ3n) is 3.87. The Labute approximate surface area is 124 Å². The van der Waals surface area contributed by atoms with Crippen molar-refractivity contribution in [1.82, 2.24) is 4.98 Å². The Morgan fingerprint density at radius 2 is 2.00 bits per heavy atom. The first kappa shape index (κ1) is 15.0. The molecule has 0 saturated heterocycles. The molecule has 2 atom stereocenters. The summed E-state index contributed by atoms with van der Waals surface area (Å²) in [6.07, 6.45) is 3.31. The summed E-state index contributed by atoms with van der Waals surface area (Å²) in [4.78, 5) is 3.99. The Morgan fingerprint density at radius 1 is 1.30 bits per heavy atom. The van der Waals surface area contributed by atoms with Gasteiger partial charge in [0.1, 0.15) is 0 Å². The van der Waals surface area contributed by atoms with Crippen LogP contribution in [0.25, 0.3) is 0 Å². The van der Waals surface area contributed by atoms with E-state index in [0.717, 1.165) is 11.1 Å². The summed E-state index contributed by atoms with van der Waals surface area (Å²) < 4.78 is 0. The molecule has 0 radical (unpaired) electrons. The van der Waals surface area contributed by atoms with E-state index in [1.165, 1.54) is 0 Å². The first-order valence-electron chi connectivity index (χ1n) is 6.62. The number of hydrogen-bond acceptors (Lipinski definition) is 3. The van der Waals surface area contributed by atoms with Crippen molar-refractivity contribution in [2.75, 3.05) is 6.54 Å². The Morgan fingerprint density at radius 3 is 2.55 bits per heavy atom. The molecule has 0 amide bonds. The average Bonchev–Trinajstić information content (AvgIpc) is 2.47. The van der Waals surface area contributed by atoms with E-state index >= 15 is 0 Å². The minimum absolute atomic E-state index is 0.341. The topological polar surface area (TPSA) is 59.1 Å². The van der Waals surface area contributed by atoms with Crippen LogP contribution in [0.3, 0.4) is 0 Å². The predicted octanol–water partition coefficient (Wildman–Crippen LogP) is 2.56. The number of nitrogens with zero attached hydrogens (tertiary/aromatic N) is 1. The van der Waals surface area contributed by atoms with Crippen LogP contribution in [-0.4, -0.2) is 22.7 Å². The van der Waals surface area contributed by atoms with Crippen LogP contribution >= 0.6 is 11.6 Å². The second-order valence-electron chi connectivity index (χ2n) is 5.05. The Balaban J connectivity index is 2.46. The highest BCUT2D eigenvalue weighted by atomic mass is 35.5. The average molecular weight is 291 g/mol. The second-order valence-corrected chi connectivity index (χ2v) is 5.45. The molecule has 2 aromatic rings. The standard InChI is InChI=1S/C16H19ClN2O/c1-12(20)16(11-18,14-5-3-2-4-6-14)9-13-7-8-19-10-15(13)17/h2-8,10,12,20H,9,11,18H2,1H3.